The number of hydrogen-bond donors (Lipinski definition) is 1. The van der Waals surface area contributed by atoms with E-state index in [1.165, 1.54) is 31.2 Å². The second kappa shape index (κ2) is 7.78. The number of ketones is 1. The molecule has 0 heterocycles. The molecule has 2 aromatic rings. The van der Waals surface area contributed by atoms with E-state index >= 15 is 0 Å². The van der Waals surface area contributed by atoms with Gasteiger partial charge in [-0.05, 0) is 55.0 Å². The van der Waals surface area contributed by atoms with E-state index in [0.29, 0.717) is 11.8 Å². The highest BCUT2D eigenvalue weighted by atomic mass is 19.1. The predicted octanol–water partition coefficient (Wildman–Crippen LogP) is 3.72. The third-order valence-electron chi connectivity index (χ3n) is 4.78. The molecular weight excluding hydrogens is 352 g/mol. The minimum Gasteiger partial charge on any atom is -0.348 e. The van der Waals surface area contributed by atoms with Crippen LogP contribution in [0.2, 0.25) is 0 Å². The van der Waals surface area contributed by atoms with Crippen molar-refractivity contribution in [3.63, 3.8) is 0 Å². The van der Waals surface area contributed by atoms with Crippen molar-refractivity contribution in [2.45, 2.75) is 31.7 Å². The third-order valence-corrected chi connectivity index (χ3v) is 4.78. The molecule has 2 atom stereocenters. The molecule has 1 unspecified atom stereocenters. The topological polar surface area (TPSA) is 63.2 Å². The molecular formula is C21H19F2NO3. The smallest absolute Gasteiger partial charge is 0.235 e. The number of hydrogen-bond acceptors (Lipinski definition) is 3. The lowest BCUT2D eigenvalue weighted by Crippen LogP contribution is -2.37. The quantitative estimate of drug-likeness (QED) is 0.596. The average Bonchev–Trinajstić information content (AvgIpc) is 3.44. The highest BCUT2D eigenvalue weighted by Crippen LogP contribution is 2.41. The number of benzene rings is 2. The van der Waals surface area contributed by atoms with Gasteiger partial charge in [0, 0.05) is 0 Å². The Balaban J connectivity index is 1.92. The van der Waals surface area contributed by atoms with Crippen LogP contribution in [0.3, 0.4) is 0 Å². The number of rotatable bonds is 7. The van der Waals surface area contributed by atoms with E-state index in [1.54, 1.807) is 12.1 Å². The number of nitrogens with one attached hydrogen (secondary N) is 1. The van der Waals surface area contributed by atoms with Gasteiger partial charge in [-0.25, -0.2) is 8.78 Å². The van der Waals surface area contributed by atoms with E-state index in [-0.39, 0.29) is 17.0 Å². The van der Waals surface area contributed by atoms with E-state index in [0.717, 1.165) is 18.9 Å². The van der Waals surface area contributed by atoms with Crippen LogP contribution >= 0.6 is 0 Å². The third kappa shape index (κ3) is 4.10. The monoisotopic (exact) mass is 371 g/mol. The van der Waals surface area contributed by atoms with Crippen molar-refractivity contribution < 1.29 is 23.2 Å². The van der Waals surface area contributed by atoms with Crippen LogP contribution in [0, 0.1) is 17.6 Å². The van der Waals surface area contributed by atoms with Crippen molar-refractivity contribution in [1.29, 1.82) is 0 Å². The summed E-state index contributed by atoms with van der Waals surface area (Å²) in [5, 5.41) is 2.81. The molecule has 1 aliphatic carbocycles. The zero-order valence-electron chi connectivity index (χ0n) is 14.7. The molecule has 1 fully saturated rings. The fourth-order valence-electron chi connectivity index (χ4n) is 3.31. The molecule has 0 spiro atoms. The van der Waals surface area contributed by atoms with Gasteiger partial charge in [-0.3, -0.25) is 14.4 Å². The second-order valence-corrected chi connectivity index (χ2v) is 6.78. The summed E-state index contributed by atoms with van der Waals surface area (Å²) in [5.74, 6) is -3.49. The Morgan fingerprint density at radius 3 is 2.44 bits per heavy atom. The van der Waals surface area contributed by atoms with Gasteiger partial charge in [0.25, 0.3) is 0 Å². The Morgan fingerprint density at radius 2 is 1.85 bits per heavy atom. The molecule has 1 N–H and O–H groups in total. The van der Waals surface area contributed by atoms with E-state index < -0.39 is 35.3 Å². The van der Waals surface area contributed by atoms with Crippen LogP contribution in [-0.4, -0.2) is 18.0 Å². The molecule has 3 rings (SSSR count). The Hall–Kier alpha value is -2.89. The van der Waals surface area contributed by atoms with E-state index in [2.05, 4.69) is 5.32 Å². The van der Waals surface area contributed by atoms with E-state index in [9.17, 15) is 23.2 Å². The lowest BCUT2D eigenvalue weighted by atomic mass is 9.89. The summed E-state index contributed by atoms with van der Waals surface area (Å²) in [4.78, 5) is 36.3. The minimum atomic E-state index is -1.31. The molecule has 27 heavy (non-hydrogen) atoms. The summed E-state index contributed by atoms with van der Waals surface area (Å²) in [5.41, 5.74) is 0.341. The van der Waals surface area contributed by atoms with Gasteiger partial charge >= 0.3 is 0 Å². The highest BCUT2D eigenvalue weighted by Gasteiger charge is 2.37. The maximum atomic E-state index is 13.9. The van der Waals surface area contributed by atoms with Gasteiger partial charge in [-0.2, -0.15) is 0 Å². The Morgan fingerprint density at radius 1 is 1.15 bits per heavy atom. The van der Waals surface area contributed by atoms with Crippen LogP contribution in [0.5, 0.6) is 0 Å². The molecule has 1 saturated carbocycles. The SMILES string of the molecule is CC(=O)C(C(=O)N[C@H](c1cccc(F)c1)C1CC1)c1cccc(F)c1C=O. The number of Topliss-reactive ketones (excluding diaryl/α,β-unsaturated/α-hetero) is 1. The van der Waals surface area contributed by atoms with Crippen molar-refractivity contribution in [3.05, 3.63) is 70.8 Å². The van der Waals surface area contributed by atoms with Crippen molar-refractivity contribution in [2.24, 2.45) is 5.92 Å². The van der Waals surface area contributed by atoms with Gasteiger partial charge in [-0.1, -0.05) is 24.3 Å². The van der Waals surface area contributed by atoms with Crippen LogP contribution in [0.1, 0.15) is 53.2 Å². The predicted molar refractivity (Wildman–Crippen MR) is 95.2 cm³/mol. The fourth-order valence-corrected chi connectivity index (χ4v) is 3.31. The summed E-state index contributed by atoms with van der Waals surface area (Å²) in [6.45, 7) is 1.22. The first-order valence-electron chi connectivity index (χ1n) is 8.72. The first-order chi connectivity index (χ1) is 12.9. The number of aldehydes is 1. The van der Waals surface area contributed by atoms with Crippen LogP contribution in [0.25, 0.3) is 0 Å². The molecule has 1 aliphatic rings. The molecule has 0 bridgehead atoms. The lowest BCUT2D eigenvalue weighted by Gasteiger charge is -2.23. The Bertz CT molecular complexity index is 893. The van der Waals surface area contributed by atoms with Gasteiger partial charge in [0.15, 0.2) is 6.29 Å². The van der Waals surface area contributed by atoms with Crippen molar-refractivity contribution in [1.82, 2.24) is 5.32 Å². The second-order valence-electron chi connectivity index (χ2n) is 6.78. The standard InChI is InChI=1S/C21H19F2NO3/c1-12(26)19(16-6-3-7-18(23)17(16)11-25)21(27)24-20(13-8-9-13)14-4-2-5-15(22)10-14/h2-7,10-11,13,19-20H,8-9H2,1H3,(H,24,27)/t19?,20-/m0/s1. The normalized spacial score (nSPS) is 15.7. The molecule has 2 aromatic carbocycles. The molecule has 0 saturated heterocycles. The molecule has 0 aromatic heterocycles. The lowest BCUT2D eigenvalue weighted by molar-refractivity contribution is -0.130. The van der Waals surface area contributed by atoms with Gasteiger partial charge in [-0.15, -0.1) is 0 Å². The fraction of sp³-hybridized carbons (Fsp3) is 0.286. The van der Waals surface area contributed by atoms with Crippen LogP contribution < -0.4 is 5.32 Å². The summed E-state index contributed by atoms with van der Waals surface area (Å²) >= 11 is 0. The summed E-state index contributed by atoms with van der Waals surface area (Å²) in [7, 11) is 0. The first-order valence-corrected chi connectivity index (χ1v) is 8.72. The average molecular weight is 371 g/mol. The molecule has 0 radical (unpaired) electrons. The minimum absolute atomic E-state index is 0.0313. The Kier molecular flexibility index (Phi) is 5.44. The largest absolute Gasteiger partial charge is 0.348 e. The molecule has 1 amide bonds. The zero-order chi connectivity index (χ0) is 19.6. The van der Waals surface area contributed by atoms with Crippen LogP contribution in [0.4, 0.5) is 8.78 Å². The van der Waals surface area contributed by atoms with Gasteiger partial charge in [0.2, 0.25) is 5.91 Å². The number of carbonyl (C=O) groups is 3. The maximum Gasteiger partial charge on any atom is 0.235 e. The Labute approximate surface area is 155 Å². The first kappa shape index (κ1) is 18.9. The summed E-state index contributed by atoms with van der Waals surface area (Å²) < 4.78 is 27.5. The summed E-state index contributed by atoms with van der Waals surface area (Å²) in [6, 6.07) is 9.35. The molecule has 4 nitrogen and oxygen atoms in total. The maximum absolute atomic E-state index is 13.9. The summed E-state index contributed by atoms with van der Waals surface area (Å²) in [6.07, 6.45) is 2.07. The number of halogens is 2. The molecule has 140 valence electrons. The van der Waals surface area contributed by atoms with Gasteiger partial charge < -0.3 is 5.32 Å². The van der Waals surface area contributed by atoms with E-state index in [4.69, 9.17) is 0 Å². The van der Waals surface area contributed by atoms with Crippen molar-refractivity contribution in [2.75, 3.05) is 0 Å². The van der Waals surface area contributed by atoms with Gasteiger partial charge in [0.05, 0.1) is 11.6 Å². The molecule has 6 heteroatoms. The van der Waals surface area contributed by atoms with Crippen LogP contribution in [-0.2, 0) is 9.59 Å². The van der Waals surface area contributed by atoms with Gasteiger partial charge in [0.1, 0.15) is 23.3 Å². The zero-order valence-corrected chi connectivity index (χ0v) is 14.7. The van der Waals surface area contributed by atoms with Crippen molar-refractivity contribution in [3.8, 4) is 0 Å². The highest BCUT2D eigenvalue weighted by molar-refractivity contribution is 6.07. The van der Waals surface area contributed by atoms with Crippen molar-refractivity contribution >= 4 is 18.0 Å². The van der Waals surface area contributed by atoms with E-state index in [1.807, 2.05) is 0 Å². The number of amides is 1. The number of carbonyl (C=O) groups excluding carboxylic acids is 3. The molecule has 0 aliphatic heterocycles. The van der Waals surface area contributed by atoms with Crippen LogP contribution in [0.15, 0.2) is 42.5 Å².